The van der Waals surface area contributed by atoms with Crippen LogP contribution in [0.15, 0.2) is 29.2 Å². The number of rotatable bonds is 6. The van der Waals surface area contributed by atoms with Gasteiger partial charge in [0.2, 0.25) is 10.0 Å². The molecule has 5 nitrogen and oxygen atoms in total. The van der Waals surface area contributed by atoms with E-state index in [-0.39, 0.29) is 4.90 Å². The molecule has 0 unspecified atom stereocenters. The number of carbonyl (C=O) groups excluding carboxylic acids is 1. The summed E-state index contributed by atoms with van der Waals surface area (Å²) in [6.07, 6.45) is 6.08. The molecule has 0 amide bonds. The van der Waals surface area contributed by atoms with E-state index < -0.39 is 22.0 Å². The van der Waals surface area contributed by atoms with Gasteiger partial charge in [0.05, 0.1) is 12.0 Å². The minimum absolute atomic E-state index is 0.167. The fourth-order valence-electron chi connectivity index (χ4n) is 3.06. The molecule has 0 aromatic heterocycles. The van der Waals surface area contributed by atoms with E-state index in [0.29, 0.717) is 12.3 Å². The van der Waals surface area contributed by atoms with Crippen molar-refractivity contribution < 1.29 is 17.9 Å². The molecule has 128 valence electrons. The van der Waals surface area contributed by atoms with Gasteiger partial charge < -0.3 is 4.74 Å². The van der Waals surface area contributed by atoms with E-state index in [4.69, 9.17) is 4.74 Å². The predicted octanol–water partition coefficient (Wildman–Crippen LogP) is 2.79. The summed E-state index contributed by atoms with van der Waals surface area (Å²) in [7, 11) is -2.44. The summed E-state index contributed by atoms with van der Waals surface area (Å²) in [5.41, 5.74) is 0.982. The Kier molecular flexibility index (Phi) is 6.18. The first-order valence-electron chi connectivity index (χ1n) is 8.09. The topological polar surface area (TPSA) is 72.5 Å². The van der Waals surface area contributed by atoms with Crippen molar-refractivity contribution >= 4 is 16.0 Å². The van der Waals surface area contributed by atoms with Gasteiger partial charge in [0.15, 0.2) is 0 Å². The van der Waals surface area contributed by atoms with E-state index in [0.717, 1.165) is 31.2 Å². The van der Waals surface area contributed by atoms with Crippen LogP contribution in [0, 0.1) is 12.8 Å². The maximum Gasteiger partial charge on any atom is 0.323 e. The Labute approximate surface area is 138 Å². The number of esters is 1. The van der Waals surface area contributed by atoms with Crippen LogP contribution in [0.2, 0.25) is 0 Å². The number of ether oxygens (including phenoxy) is 1. The standard InChI is InChI=1S/C17H25NO4S/c1-13-8-10-15(11-9-13)23(20,21)18-16(17(19)22-2)12-14-6-4-3-5-7-14/h8-11,14,16,18H,3-7,12H2,1-2H3/t16-/m0/s1. The molecular weight excluding hydrogens is 314 g/mol. The zero-order valence-electron chi connectivity index (χ0n) is 13.7. The van der Waals surface area contributed by atoms with Gasteiger partial charge in [0, 0.05) is 0 Å². The Morgan fingerprint density at radius 2 is 1.83 bits per heavy atom. The van der Waals surface area contributed by atoms with Crippen molar-refractivity contribution in [2.45, 2.75) is 56.4 Å². The minimum Gasteiger partial charge on any atom is -0.468 e. The first-order valence-corrected chi connectivity index (χ1v) is 9.57. The van der Waals surface area contributed by atoms with Crippen LogP contribution in [0.5, 0.6) is 0 Å². The van der Waals surface area contributed by atoms with E-state index in [1.165, 1.54) is 13.5 Å². The number of sulfonamides is 1. The van der Waals surface area contributed by atoms with Gasteiger partial charge in [-0.1, -0.05) is 49.8 Å². The molecule has 0 saturated heterocycles. The van der Waals surface area contributed by atoms with Crippen molar-refractivity contribution in [1.82, 2.24) is 4.72 Å². The van der Waals surface area contributed by atoms with Crippen molar-refractivity contribution in [3.05, 3.63) is 29.8 Å². The zero-order chi connectivity index (χ0) is 16.9. The third-order valence-corrected chi connectivity index (χ3v) is 5.90. The van der Waals surface area contributed by atoms with Crippen LogP contribution < -0.4 is 4.72 Å². The van der Waals surface area contributed by atoms with E-state index in [1.807, 2.05) is 6.92 Å². The van der Waals surface area contributed by atoms with Crippen LogP contribution in [0.3, 0.4) is 0 Å². The molecular formula is C17H25NO4S. The van der Waals surface area contributed by atoms with Gasteiger partial charge >= 0.3 is 5.97 Å². The second-order valence-corrected chi connectivity index (χ2v) is 7.96. The Bertz CT molecular complexity index is 618. The summed E-state index contributed by atoms with van der Waals surface area (Å²) in [5, 5.41) is 0. The van der Waals surface area contributed by atoms with Gasteiger partial charge in [-0.15, -0.1) is 0 Å². The number of carbonyl (C=O) groups is 1. The number of aryl methyl sites for hydroxylation is 1. The smallest absolute Gasteiger partial charge is 0.323 e. The summed E-state index contributed by atoms with van der Waals surface area (Å²) >= 11 is 0. The largest absolute Gasteiger partial charge is 0.468 e. The molecule has 0 radical (unpaired) electrons. The number of hydrogen-bond donors (Lipinski definition) is 1. The fourth-order valence-corrected chi connectivity index (χ4v) is 4.26. The highest BCUT2D eigenvalue weighted by Crippen LogP contribution is 2.28. The lowest BCUT2D eigenvalue weighted by Crippen LogP contribution is -2.42. The van der Waals surface area contributed by atoms with E-state index in [1.54, 1.807) is 24.3 Å². The second kappa shape index (κ2) is 7.93. The maximum atomic E-state index is 12.5. The molecule has 0 spiro atoms. The lowest BCUT2D eigenvalue weighted by Gasteiger charge is -2.25. The first kappa shape index (κ1) is 17.9. The van der Waals surface area contributed by atoms with Gasteiger partial charge in [0.25, 0.3) is 0 Å². The van der Waals surface area contributed by atoms with Crippen LogP contribution in [0.4, 0.5) is 0 Å². The van der Waals surface area contributed by atoms with Crippen LogP contribution in [-0.2, 0) is 19.6 Å². The fraction of sp³-hybridized carbons (Fsp3) is 0.588. The molecule has 1 aromatic carbocycles. The third-order valence-electron chi connectivity index (χ3n) is 4.41. The highest BCUT2D eigenvalue weighted by Gasteiger charge is 2.29. The highest BCUT2D eigenvalue weighted by molar-refractivity contribution is 7.89. The molecule has 2 rings (SSSR count). The number of benzene rings is 1. The summed E-state index contributed by atoms with van der Waals surface area (Å²) in [6, 6.07) is 5.75. The average Bonchev–Trinajstić information content (AvgIpc) is 2.54. The molecule has 1 fully saturated rings. The van der Waals surface area contributed by atoms with Crippen molar-refractivity contribution in [2.75, 3.05) is 7.11 Å². The lowest BCUT2D eigenvalue weighted by atomic mass is 9.85. The van der Waals surface area contributed by atoms with Crippen molar-refractivity contribution in [3.63, 3.8) is 0 Å². The normalized spacial score (nSPS) is 17.7. The van der Waals surface area contributed by atoms with E-state index in [9.17, 15) is 13.2 Å². The molecule has 0 bridgehead atoms. The summed E-state index contributed by atoms with van der Waals surface area (Å²) in [6.45, 7) is 1.89. The first-order chi connectivity index (χ1) is 10.9. The van der Waals surface area contributed by atoms with Crippen LogP contribution >= 0.6 is 0 Å². The monoisotopic (exact) mass is 339 g/mol. The summed E-state index contributed by atoms with van der Waals surface area (Å²) in [5.74, 6) is -0.153. The second-order valence-electron chi connectivity index (χ2n) is 6.25. The molecule has 1 saturated carbocycles. The molecule has 1 aliphatic carbocycles. The SMILES string of the molecule is COC(=O)[C@H](CC1CCCCC1)NS(=O)(=O)c1ccc(C)cc1. The maximum absolute atomic E-state index is 12.5. The van der Waals surface area contributed by atoms with Crippen molar-refractivity contribution in [3.8, 4) is 0 Å². The Morgan fingerprint density at radius 1 is 1.22 bits per heavy atom. The quantitative estimate of drug-likeness (QED) is 0.809. The van der Waals surface area contributed by atoms with Gasteiger partial charge in [-0.25, -0.2) is 8.42 Å². The molecule has 1 aromatic rings. The third kappa shape index (κ3) is 5.04. The van der Waals surface area contributed by atoms with Crippen LogP contribution in [-0.4, -0.2) is 27.5 Å². The minimum atomic E-state index is -3.73. The molecule has 0 heterocycles. The molecule has 1 N–H and O–H groups in total. The Hall–Kier alpha value is -1.40. The number of nitrogens with one attached hydrogen (secondary N) is 1. The van der Waals surface area contributed by atoms with E-state index >= 15 is 0 Å². The summed E-state index contributed by atoms with van der Waals surface area (Å²) < 4.78 is 32.3. The predicted molar refractivity (Wildman–Crippen MR) is 88.5 cm³/mol. The van der Waals surface area contributed by atoms with E-state index in [2.05, 4.69) is 4.72 Å². The molecule has 0 aliphatic heterocycles. The molecule has 1 atom stereocenters. The number of methoxy groups -OCH3 is 1. The zero-order valence-corrected chi connectivity index (χ0v) is 14.6. The number of hydrogen-bond acceptors (Lipinski definition) is 4. The van der Waals surface area contributed by atoms with Crippen LogP contribution in [0.1, 0.15) is 44.1 Å². The van der Waals surface area contributed by atoms with Crippen LogP contribution in [0.25, 0.3) is 0 Å². The van der Waals surface area contributed by atoms with Gasteiger partial charge in [-0.2, -0.15) is 4.72 Å². The average molecular weight is 339 g/mol. The van der Waals surface area contributed by atoms with Crippen molar-refractivity contribution in [2.24, 2.45) is 5.92 Å². The van der Waals surface area contributed by atoms with Gasteiger partial charge in [-0.3, -0.25) is 4.79 Å². The summed E-state index contributed by atoms with van der Waals surface area (Å²) in [4.78, 5) is 12.2. The molecule has 6 heteroatoms. The highest BCUT2D eigenvalue weighted by atomic mass is 32.2. The lowest BCUT2D eigenvalue weighted by molar-refractivity contribution is -0.143. The van der Waals surface area contributed by atoms with Crippen molar-refractivity contribution in [1.29, 1.82) is 0 Å². The molecule has 23 heavy (non-hydrogen) atoms. The Balaban J connectivity index is 2.12. The Morgan fingerprint density at radius 3 is 2.39 bits per heavy atom. The molecule has 1 aliphatic rings. The van der Waals surface area contributed by atoms with Gasteiger partial charge in [-0.05, 0) is 31.4 Å². The van der Waals surface area contributed by atoms with Gasteiger partial charge in [0.1, 0.15) is 6.04 Å².